The van der Waals surface area contributed by atoms with E-state index in [1.54, 1.807) is 12.1 Å². The SMILES string of the molecule is CC(C)(C)OC(=O)NCc1cccc(CNC(=O)c2ccccc2)c1. The lowest BCUT2D eigenvalue weighted by atomic mass is 10.1. The number of rotatable bonds is 5. The van der Waals surface area contributed by atoms with E-state index in [1.807, 2.05) is 63.2 Å². The molecule has 2 aromatic rings. The molecule has 0 unspecified atom stereocenters. The molecule has 2 N–H and O–H groups in total. The summed E-state index contributed by atoms with van der Waals surface area (Å²) in [5, 5.41) is 5.61. The predicted molar refractivity (Wildman–Crippen MR) is 97.1 cm³/mol. The Morgan fingerprint density at radius 1 is 0.880 bits per heavy atom. The number of nitrogens with one attached hydrogen (secondary N) is 2. The molecule has 0 saturated carbocycles. The van der Waals surface area contributed by atoms with Crippen molar-refractivity contribution in [1.82, 2.24) is 10.6 Å². The van der Waals surface area contributed by atoms with Crippen LogP contribution in [0.4, 0.5) is 4.79 Å². The minimum atomic E-state index is -0.520. The third-order valence-electron chi connectivity index (χ3n) is 3.32. The highest BCUT2D eigenvalue weighted by Gasteiger charge is 2.15. The molecule has 0 aliphatic heterocycles. The van der Waals surface area contributed by atoms with Crippen LogP contribution in [-0.4, -0.2) is 17.6 Å². The van der Waals surface area contributed by atoms with Crippen LogP contribution in [0.1, 0.15) is 42.3 Å². The molecular weight excluding hydrogens is 316 g/mol. The van der Waals surface area contributed by atoms with E-state index in [0.29, 0.717) is 18.7 Å². The first-order valence-corrected chi connectivity index (χ1v) is 8.21. The van der Waals surface area contributed by atoms with Crippen LogP contribution in [0.2, 0.25) is 0 Å². The Morgan fingerprint density at radius 3 is 2.08 bits per heavy atom. The summed E-state index contributed by atoms with van der Waals surface area (Å²) in [4.78, 5) is 23.8. The number of carbonyl (C=O) groups is 2. The van der Waals surface area contributed by atoms with E-state index < -0.39 is 11.7 Å². The molecule has 132 valence electrons. The lowest BCUT2D eigenvalue weighted by Crippen LogP contribution is -2.32. The van der Waals surface area contributed by atoms with Crippen LogP contribution in [0.3, 0.4) is 0 Å². The Bertz CT molecular complexity index is 721. The molecule has 0 bridgehead atoms. The summed E-state index contributed by atoms with van der Waals surface area (Å²) >= 11 is 0. The van der Waals surface area contributed by atoms with Gasteiger partial charge < -0.3 is 15.4 Å². The highest BCUT2D eigenvalue weighted by atomic mass is 16.6. The fourth-order valence-electron chi connectivity index (χ4n) is 2.21. The minimum Gasteiger partial charge on any atom is -0.444 e. The zero-order valence-corrected chi connectivity index (χ0v) is 14.8. The molecule has 0 aromatic heterocycles. The second-order valence-electron chi connectivity index (χ2n) is 6.72. The molecule has 0 heterocycles. The molecule has 0 atom stereocenters. The molecule has 0 fully saturated rings. The Balaban J connectivity index is 1.86. The van der Waals surface area contributed by atoms with Crippen molar-refractivity contribution in [3.8, 4) is 0 Å². The average Bonchev–Trinajstić information content (AvgIpc) is 2.57. The van der Waals surface area contributed by atoms with E-state index in [-0.39, 0.29) is 5.91 Å². The van der Waals surface area contributed by atoms with Crippen LogP contribution in [-0.2, 0) is 17.8 Å². The zero-order valence-electron chi connectivity index (χ0n) is 14.8. The Kier molecular flexibility index (Phi) is 6.17. The van der Waals surface area contributed by atoms with E-state index in [1.165, 1.54) is 0 Å². The van der Waals surface area contributed by atoms with Gasteiger partial charge in [-0.05, 0) is 44.0 Å². The molecule has 5 heteroatoms. The summed E-state index contributed by atoms with van der Waals surface area (Å²) in [6, 6.07) is 16.8. The normalized spacial score (nSPS) is 10.8. The first kappa shape index (κ1) is 18.5. The van der Waals surface area contributed by atoms with Crippen molar-refractivity contribution >= 4 is 12.0 Å². The van der Waals surface area contributed by atoms with E-state index in [2.05, 4.69) is 10.6 Å². The molecule has 2 amide bonds. The van der Waals surface area contributed by atoms with Gasteiger partial charge in [0.25, 0.3) is 5.91 Å². The van der Waals surface area contributed by atoms with Crippen LogP contribution < -0.4 is 10.6 Å². The zero-order chi connectivity index (χ0) is 18.3. The van der Waals surface area contributed by atoms with Gasteiger partial charge in [0.1, 0.15) is 5.60 Å². The smallest absolute Gasteiger partial charge is 0.407 e. The van der Waals surface area contributed by atoms with Crippen molar-refractivity contribution in [2.75, 3.05) is 0 Å². The first-order chi connectivity index (χ1) is 11.8. The molecule has 0 radical (unpaired) electrons. The molecule has 0 aliphatic rings. The van der Waals surface area contributed by atoms with Gasteiger partial charge in [-0.15, -0.1) is 0 Å². The number of hydrogen-bond donors (Lipinski definition) is 2. The number of hydrogen-bond acceptors (Lipinski definition) is 3. The summed E-state index contributed by atoms with van der Waals surface area (Å²) < 4.78 is 5.21. The number of carbonyl (C=O) groups excluding carboxylic acids is 2. The fourth-order valence-corrected chi connectivity index (χ4v) is 2.21. The Labute approximate surface area is 148 Å². The van der Waals surface area contributed by atoms with Crippen molar-refractivity contribution in [3.05, 3.63) is 71.3 Å². The second-order valence-corrected chi connectivity index (χ2v) is 6.72. The van der Waals surface area contributed by atoms with Crippen molar-refractivity contribution in [1.29, 1.82) is 0 Å². The quantitative estimate of drug-likeness (QED) is 0.873. The highest BCUT2D eigenvalue weighted by Crippen LogP contribution is 2.09. The minimum absolute atomic E-state index is 0.113. The van der Waals surface area contributed by atoms with Gasteiger partial charge in [-0.1, -0.05) is 42.5 Å². The van der Waals surface area contributed by atoms with Gasteiger partial charge in [0.2, 0.25) is 0 Å². The Morgan fingerprint density at radius 2 is 1.48 bits per heavy atom. The van der Waals surface area contributed by atoms with Gasteiger partial charge in [0.05, 0.1) is 0 Å². The number of alkyl carbamates (subject to hydrolysis) is 1. The lowest BCUT2D eigenvalue weighted by Gasteiger charge is -2.19. The summed E-state index contributed by atoms with van der Waals surface area (Å²) in [6.45, 7) is 6.26. The highest BCUT2D eigenvalue weighted by molar-refractivity contribution is 5.94. The number of ether oxygens (including phenoxy) is 1. The molecule has 0 saturated heterocycles. The summed E-state index contributed by atoms with van der Waals surface area (Å²) in [5.74, 6) is -0.113. The Hall–Kier alpha value is -2.82. The first-order valence-electron chi connectivity index (χ1n) is 8.21. The molecule has 25 heavy (non-hydrogen) atoms. The van der Waals surface area contributed by atoms with E-state index in [4.69, 9.17) is 4.74 Å². The van der Waals surface area contributed by atoms with E-state index >= 15 is 0 Å². The standard InChI is InChI=1S/C20H24N2O3/c1-20(2,3)25-19(24)22-14-16-9-7-8-15(12-16)13-21-18(23)17-10-5-4-6-11-17/h4-12H,13-14H2,1-3H3,(H,21,23)(H,22,24). The summed E-state index contributed by atoms with van der Waals surface area (Å²) in [6.07, 6.45) is -0.449. The third kappa shape index (κ3) is 6.67. The van der Waals surface area contributed by atoms with E-state index in [0.717, 1.165) is 11.1 Å². The molecule has 0 spiro atoms. The largest absolute Gasteiger partial charge is 0.444 e. The second kappa shape index (κ2) is 8.33. The van der Waals surface area contributed by atoms with E-state index in [9.17, 15) is 9.59 Å². The topological polar surface area (TPSA) is 67.4 Å². The number of amides is 2. The maximum atomic E-state index is 12.1. The monoisotopic (exact) mass is 340 g/mol. The van der Waals surface area contributed by atoms with Crippen LogP contribution in [0.15, 0.2) is 54.6 Å². The molecular formula is C20H24N2O3. The van der Waals surface area contributed by atoms with Gasteiger partial charge in [0, 0.05) is 18.7 Å². The van der Waals surface area contributed by atoms with Gasteiger partial charge in [0.15, 0.2) is 0 Å². The summed E-state index contributed by atoms with van der Waals surface area (Å²) in [5.41, 5.74) is 2.02. The number of benzene rings is 2. The average molecular weight is 340 g/mol. The lowest BCUT2D eigenvalue weighted by molar-refractivity contribution is 0.0523. The molecule has 2 aromatic carbocycles. The van der Waals surface area contributed by atoms with Crippen LogP contribution in [0.5, 0.6) is 0 Å². The van der Waals surface area contributed by atoms with Gasteiger partial charge in [-0.25, -0.2) is 4.79 Å². The third-order valence-corrected chi connectivity index (χ3v) is 3.32. The van der Waals surface area contributed by atoms with Crippen molar-refractivity contribution in [3.63, 3.8) is 0 Å². The maximum Gasteiger partial charge on any atom is 0.407 e. The van der Waals surface area contributed by atoms with Crippen LogP contribution in [0, 0.1) is 0 Å². The van der Waals surface area contributed by atoms with Gasteiger partial charge in [-0.2, -0.15) is 0 Å². The fraction of sp³-hybridized carbons (Fsp3) is 0.300. The van der Waals surface area contributed by atoms with Crippen LogP contribution >= 0.6 is 0 Å². The van der Waals surface area contributed by atoms with Gasteiger partial charge in [-0.3, -0.25) is 4.79 Å². The van der Waals surface area contributed by atoms with Crippen LogP contribution in [0.25, 0.3) is 0 Å². The molecule has 0 aliphatic carbocycles. The predicted octanol–water partition coefficient (Wildman–Crippen LogP) is 3.64. The van der Waals surface area contributed by atoms with Gasteiger partial charge >= 0.3 is 6.09 Å². The van der Waals surface area contributed by atoms with Crippen molar-refractivity contribution in [2.24, 2.45) is 0 Å². The maximum absolute atomic E-state index is 12.1. The molecule has 2 rings (SSSR count). The molecule has 5 nitrogen and oxygen atoms in total. The van der Waals surface area contributed by atoms with Crippen molar-refractivity contribution in [2.45, 2.75) is 39.5 Å². The van der Waals surface area contributed by atoms with Crippen molar-refractivity contribution < 1.29 is 14.3 Å². The summed E-state index contributed by atoms with van der Waals surface area (Å²) in [7, 11) is 0.